The number of aliphatic imine (C=N–C) groups is 1. The first-order valence-corrected chi connectivity index (χ1v) is 8.59. The molecule has 0 amide bonds. The van der Waals surface area contributed by atoms with Crippen LogP contribution in [0, 0.1) is 11.3 Å². The first-order chi connectivity index (χ1) is 10.7. The first-order valence-electron chi connectivity index (χ1n) is 7.36. The summed E-state index contributed by atoms with van der Waals surface area (Å²) >= 11 is 7.23. The van der Waals surface area contributed by atoms with E-state index in [1.807, 2.05) is 12.1 Å². The summed E-state index contributed by atoms with van der Waals surface area (Å²) in [5.74, 6) is 0.394. The molecule has 4 rings (SSSR count). The van der Waals surface area contributed by atoms with Crippen LogP contribution in [-0.2, 0) is 5.41 Å². The molecular formula is C18H14N2S2. The van der Waals surface area contributed by atoms with Crippen molar-refractivity contribution in [1.29, 1.82) is 5.26 Å². The van der Waals surface area contributed by atoms with E-state index in [1.54, 1.807) is 11.3 Å². The number of thiophene rings is 1. The second-order valence-corrected chi connectivity index (χ2v) is 7.76. The molecule has 0 saturated heterocycles. The number of benzene rings is 1. The minimum Gasteiger partial charge on any atom is -0.260 e. The van der Waals surface area contributed by atoms with Crippen molar-refractivity contribution in [3.05, 3.63) is 51.7 Å². The van der Waals surface area contributed by atoms with Crippen molar-refractivity contribution >= 4 is 40.3 Å². The fraction of sp³-hybridized carbons (Fsp3) is 0.278. The summed E-state index contributed by atoms with van der Waals surface area (Å²) in [6, 6.07) is 14.6. The Labute approximate surface area is 139 Å². The number of fused-ring (bicyclic) bond motifs is 2. The Balaban J connectivity index is 1.73. The van der Waals surface area contributed by atoms with Crippen molar-refractivity contribution in [3.63, 3.8) is 0 Å². The normalized spacial score (nSPS) is 26.1. The molecule has 0 N–H and O–H groups in total. The fourth-order valence-electron chi connectivity index (χ4n) is 3.69. The zero-order valence-corrected chi connectivity index (χ0v) is 13.6. The molecule has 1 aliphatic carbocycles. The molecule has 0 bridgehead atoms. The molecule has 2 aromatic rings. The molecule has 22 heavy (non-hydrogen) atoms. The molecule has 2 unspecified atom stereocenters. The molecular weight excluding hydrogens is 308 g/mol. The Bertz CT molecular complexity index is 828. The van der Waals surface area contributed by atoms with Crippen LogP contribution < -0.4 is 0 Å². The second kappa shape index (κ2) is 5.12. The van der Waals surface area contributed by atoms with E-state index in [2.05, 4.69) is 41.5 Å². The van der Waals surface area contributed by atoms with Gasteiger partial charge in [0.25, 0.3) is 0 Å². The molecule has 4 heteroatoms. The number of para-hydroxylation sites is 1. The van der Waals surface area contributed by atoms with Gasteiger partial charge in [-0.1, -0.05) is 30.4 Å². The summed E-state index contributed by atoms with van der Waals surface area (Å²) in [5.41, 5.74) is 2.34. The average molecular weight is 322 g/mol. The lowest BCUT2D eigenvalue weighted by Gasteiger charge is -2.37. The maximum absolute atomic E-state index is 9.05. The van der Waals surface area contributed by atoms with Crippen molar-refractivity contribution in [2.45, 2.75) is 30.6 Å². The lowest BCUT2D eigenvalue weighted by molar-refractivity contribution is 0.467. The van der Waals surface area contributed by atoms with Crippen LogP contribution in [0.1, 0.15) is 40.5 Å². The highest BCUT2D eigenvalue weighted by Crippen LogP contribution is 2.50. The van der Waals surface area contributed by atoms with Gasteiger partial charge in [0, 0.05) is 16.5 Å². The molecule has 0 radical (unpaired) electrons. The summed E-state index contributed by atoms with van der Waals surface area (Å²) in [6.45, 7) is 0. The van der Waals surface area contributed by atoms with Gasteiger partial charge in [-0.25, -0.2) is 0 Å². The Hall–Kier alpha value is -1.83. The lowest BCUT2D eigenvalue weighted by atomic mass is 9.67. The molecule has 1 aromatic heterocycles. The third-order valence-corrected chi connectivity index (χ3v) is 6.09. The highest BCUT2D eigenvalue weighted by Gasteiger charge is 2.43. The zero-order chi connectivity index (χ0) is 15.2. The number of thiocarbonyl (C=S) groups is 1. The predicted molar refractivity (Wildman–Crippen MR) is 94.5 cm³/mol. The summed E-state index contributed by atoms with van der Waals surface area (Å²) in [4.78, 5) is 7.80. The van der Waals surface area contributed by atoms with Gasteiger partial charge in [0.05, 0.1) is 5.69 Å². The van der Waals surface area contributed by atoms with Gasteiger partial charge >= 0.3 is 0 Å². The standard InChI is InChI=1S/C18H14N2S2/c19-10-14-5-6-17(22-14)12-7-13(21)9-18(8-12)11-20-16-4-2-1-3-15(16)18/h1-6,11-12H,7-9H2. The molecule has 2 aliphatic rings. The highest BCUT2D eigenvalue weighted by molar-refractivity contribution is 7.80. The summed E-state index contributed by atoms with van der Waals surface area (Å²) < 4.78 is 0. The minimum absolute atomic E-state index is 0.0482. The average Bonchev–Trinajstić information content (AvgIpc) is 3.13. The van der Waals surface area contributed by atoms with E-state index >= 15 is 0 Å². The Morgan fingerprint density at radius 2 is 2.14 bits per heavy atom. The maximum Gasteiger partial charge on any atom is 0.110 e. The number of hydrogen-bond acceptors (Lipinski definition) is 4. The van der Waals surface area contributed by atoms with Gasteiger partial charge in [0.2, 0.25) is 0 Å². The fourth-order valence-corrected chi connectivity index (χ4v) is 5.05. The largest absolute Gasteiger partial charge is 0.260 e. The van der Waals surface area contributed by atoms with Gasteiger partial charge in [-0.2, -0.15) is 5.26 Å². The van der Waals surface area contributed by atoms with E-state index in [4.69, 9.17) is 17.5 Å². The van der Waals surface area contributed by atoms with Crippen LogP contribution >= 0.6 is 23.6 Å². The predicted octanol–water partition coefficient (Wildman–Crippen LogP) is 4.91. The van der Waals surface area contributed by atoms with Crippen LogP contribution in [-0.4, -0.2) is 11.1 Å². The smallest absolute Gasteiger partial charge is 0.110 e. The van der Waals surface area contributed by atoms with Gasteiger partial charge in [-0.3, -0.25) is 4.99 Å². The molecule has 1 fully saturated rings. The van der Waals surface area contributed by atoms with Gasteiger partial charge in [-0.05, 0) is 53.8 Å². The van der Waals surface area contributed by atoms with E-state index in [9.17, 15) is 0 Å². The summed E-state index contributed by atoms with van der Waals surface area (Å²) in [6.07, 6.45) is 4.99. The number of hydrogen-bond donors (Lipinski definition) is 0. The van der Waals surface area contributed by atoms with E-state index in [-0.39, 0.29) is 5.41 Å². The molecule has 1 aromatic carbocycles. The van der Waals surface area contributed by atoms with Gasteiger partial charge in [-0.15, -0.1) is 11.3 Å². The molecule has 2 atom stereocenters. The Morgan fingerprint density at radius 3 is 2.95 bits per heavy atom. The third kappa shape index (κ3) is 2.13. The maximum atomic E-state index is 9.05. The summed E-state index contributed by atoms with van der Waals surface area (Å²) in [7, 11) is 0. The van der Waals surface area contributed by atoms with Crippen molar-refractivity contribution in [3.8, 4) is 6.07 Å². The van der Waals surface area contributed by atoms with Crippen LogP contribution in [0.2, 0.25) is 0 Å². The van der Waals surface area contributed by atoms with Gasteiger partial charge < -0.3 is 0 Å². The Kier molecular flexibility index (Phi) is 3.21. The van der Waals surface area contributed by atoms with Crippen LogP contribution in [0.3, 0.4) is 0 Å². The SMILES string of the molecule is N#Cc1ccc(C2CC(=S)CC3(C=Nc4ccccc43)C2)s1. The van der Waals surface area contributed by atoms with Crippen molar-refractivity contribution in [2.75, 3.05) is 0 Å². The van der Waals surface area contributed by atoms with Crippen LogP contribution in [0.4, 0.5) is 5.69 Å². The van der Waals surface area contributed by atoms with Crippen LogP contribution in [0.5, 0.6) is 0 Å². The zero-order valence-electron chi connectivity index (χ0n) is 12.0. The summed E-state index contributed by atoms with van der Waals surface area (Å²) in [5, 5.41) is 9.05. The Morgan fingerprint density at radius 1 is 1.27 bits per heavy atom. The second-order valence-electron chi connectivity index (χ2n) is 6.07. The van der Waals surface area contributed by atoms with E-state index in [0.717, 1.165) is 34.7 Å². The minimum atomic E-state index is -0.0482. The highest BCUT2D eigenvalue weighted by atomic mass is 32.1. The number of nitriles is 1. The van der Waals surface area contributed by atoms with E-state index in [1.165, 1.54) is 10.4 Å². The molecule has 108 valence electrons. The van der Waals surface area contributed by atoms with Gasteiger partial charge in [0.1, 0.15) is 10.9 Å². The quantitative estimate of drug-likeness (QED) is 0.699. The van der Waals surface area contributed by atoms with Crippen molar-refractivity contribution < 1.29 is 0 Å². The molecule has 1 spiro atoms. The monoisotopic (exact) mass is 322 g/mol. The van der Waals surface area contributed by atoms with Crippen molar-refractivity contribution in [1.82, 2.24) is 0 Å². The van der Waals surface area contributed by atoms with Crippen molar-refractivity contribution in [2.24, 2.45) is 4.99 Å². The number of nitrogens with zero attached hydrogens (tertiary/aromatic N) is 2. The first kappa shape index (κ1) is 13.8. The van der Waals surface area contributed by atoms with Crippen LogP contribution in [0.25, 0.3) is 0 Å². The molecule has 2 nitrogen and oxygen atoms in total. The van der Waals surface area contributed by atoms with Gasteiger partial charge in [0.15, 0.2) is 0 Å². The molecule has 1 saturated carbocycles. The van der Waals surface area contributed by atoms with E-state index in [0.29, 0.717) is 5.92 Å². The van der Waals surface area contributed by atoms with Crippen LogP contribution in [0.15, 0.2) is 41.4 Å². The topological polar surface area (TPSA) is 36.1 Å². The molecule has 2 heterocycles. The third-order valence-electron chi connectivity index (χ3n) is 4.63. The number of rotatable bonds is 1. The van der Waals surface area contributed by atoms with E-state index < -0.39 is 0 Å². The lowest BCUT2D eigenvalue weighted by Crippen LogP contribution is -2.35. The molecule has 1 aliphatic heterocycles.